The van der Waals surface area contributed by atoms with Gasteiger partial charge in [-0.1, -0.05) is 0 Å². The van der Waals surface area contributed by atoms with E-state index < -0.39 is 21.1 Å². The minimum absolute atomic E-state index is 0.0679. The Bertz CT molecular complexity index is 995. The van der Waals surface area contributed by atoms with Crippen molar-refractivity contribution in [3.05, 3.63) is 108 Å². The van der Waals surface area contributed by atoms with Gasteiger partial charge in [-0.3, -0.25) is 0 Å². The second-order valence-electron chi connectivity index (χ2n) is 6.80. The molecule has 2 aliphatic carbocycles. The Kier molecular flexibility index (Phi) is 5.71. The summed E-state index contributed by atoms with van der Waals surface area (Å²) in [5.41, 5.74) is 1.44. The molecule has 0 atom stereocenters. The van der Waals surface area contributed by atoms with Gasteiger partial charge in [-0.15, -0.1) is 0 Å². The number of benzene rings is 2. The first-order valence-corrected chi connectivity index (χ1v) is 14.3. The third kappa shape index (κ3) is 3.80. The molecule has 3 heteroatoms. The van der Waals surface area contributed by atoms with E-state index in [1.165, 1.54) is 0 Å². The molecule has 2 nitrogen and oxygen atoms in total. The van der Waals surface area contributed by atoms with Gasteiger partial charge in [0.2, 0.25) is 0 Å². The third-order valence-electron chi connectivity index (χ3n) is 5.05. The van der Waals surface area contributed by atoms with E-state index in [1.54, 1.807) is 0 Å². The summed E-state index contributed by atoms with van der Waals surface area (Å²) in [6.07, 6.45) is 28.3. The minimum atomic E-state index is -4.05. The summed E-state index contributed by atoms with van der Waals surface area (Å²) in [7, 11) is 0. The van der Waals surface area contributed by atoms with Gasteiger partial charge >= 0.3 is 178 Å². The Labute approximate surface area is 177 Å². The van der Waals surface area contributed by atoms with Crippen molar-refractivity contribution in [2.75, 3.05) is 0 Å². The Balaban J connectivity index is 1.87. The van der Waals surface area contributed by atoms with E-state index in [1.807, 2.05) is 72.8 Å². The van der Waals surface area contributed by atoms with Gasteiger partial charge in [0.25, 0.3) is 0 Å². The molecule has 29 heavy (non-hydrogen) atoms. The molecule has 2 aromatic rings. The molecule has 0 aliphatic heterocycles. The summed E-state index contributed by atoms with van der Waals surface area (Å²) in [5, 5.41) is 0. The Morgan fingerprint density at radius 1 is 0.621 bits per heavy atom. The summed E-state index contributed by atoms with van der Waals surface area (Å²) in [6, 6.07) is 15.3. The Morgan fingerprint density at radius 2 is 1.00 bits per heavy atom. The second kappa shape index (κ2) is 8.57. The fraction of sp³-hybridized carbons (Fsp3) is 0.0769. The van der Waals surface area contributed by atoms with Crippen LogP contribution in [-0.2, 0) is 21.1 Å². The van der Waals surface area contributed by atoms with Crippen molar-refractivity contribution in [2.45, 2.75) is 7.25 Å². The quantitative estimate of drug-likeness (QED) is 0.504. The first kappa shape index (κ1) is 19.3. The summed E-state index contributed by atoms with van der Waals surface area (Å²) >= 11 is -4.05. The standard InChI is InChI=1S/2C8H6O.2C5H5.Zr/c2*1-2-7-5-3-4-6-8(7)9;2*1-2-4-5-3-1;/h2*1,3-6,9H;2*1-5H;/q;;;;+2/p-2. The van der Waals surface area contributed by atoms with Crippen LogP contribution in [0.4, 0.5) is 0 Å². The SMILES string of the molecule is C#Cc1ccccc1[O][Zr]([O]c1ccccc1C#C)([CH]1C=CC=C1)[CH]1C=CC=C1. The summed E-state index contributed by atoms with van der Waals surface area (Å²) in [5.74, 6) is 6.84. The van der Waals surface area contributed by atoms with Gasteiger partial charge in [0.05, 0.1) is 0 Å². The van der Waals surface area contributed by atoms with E-state index in [0.717, 1.165) is 11.1 Å². The van der Waals surface area contributed by atoms with E-state index in [0.29, 0.717) is 11.5 Å². The van der Waals surface area contributed by atoms with Crippen LogP contribution >= 0.6 is 0 Å². The van der Waals surface area contributed by atoms with E-state index in [-0.39, 0.29) is 7.25 Å². The molecule has 0 radical (unpaired) electrons. The monoisotopic (exact) mass is 454 g/mol. The predicted molar refractivity (Wildman–Crippen MR) is 114 cm³/mol. The van der Waals surface area contributed by atoms with Crippen LogP contribution < -0.4 is 5.63 Å². The molecule has 4 rings (SSSR count). The summed E-state index contributed by atoms with van der Waals surface area (Å²) < 4.78 is 13.9. The molecule has 0 aromatic heterocycles. The van der Waals surface area contributed by atoms with Crippen molar-refractivity contribution in [1.29, 1.82) is 0 Å². The number of terminal acetylenes is 2. The zero-order valence-corrected chi connectivity index (χ0v) is 18.3. The molecule has 140 valence electrons. The molecule has 0 bridgehead atoms. The zero-order chi connectivity index (χ0) is 20.1. The van der Waals surface area contributed by atoms with Crippen molar-refractivity contribution >= 4 is 0 Å². The average molecular weight is 456 g/mol. The van der Waals surface area contributed by atoms with Crippen molar-refractivity contribution in [3.63, 3.8) is 0 Å². The molecule has 2 aliphatic rings. The first-order valence-electron chi connectivity index (χ1n) is 9.46. The second-order valence-corrected chi connectivity index (χ2v) is 14.6. The van der Waals surface area contributed by atoms with Crippen LogP contribution in [-0.4, -0.2) is 0 Å². The average Bonchev–Trinajstić information content (AvgIpc) is 3.48. The molecule has 0 saturated carbocycles. The number of rotatable bonds is 6. The van der Waals surface area contributed by atoms with Crippen LogP contribution in [0.5, 0.6) is 11.5 Å². The van der Waals surface area contributed by atoms with E-state index in [9.17, 15) is 0 Å². The van der Waals surface area contributed by atoms with Crippen molar-refractivity contribution < 1.29 is 26.8 Å². The Morgan fingerprint density at radius 3 is 1.38 bits per heavy atom. The molecule has 2 aromatic carbocycles. The summed E-state index contributed by atoms with van der Waals surface area (Å²) in [6.45, 7) is 0. The van der Waals surface area contributed by atoms with Gasteiger partial charge in [0.15, 0.2) is 0 Å². The molecule has 0 spiro atoms. The normalized spacial score (nSPS) is 15.4. The van der Waals surface area contributed by atoms with Gasteiger partial charge in [0, 0.05) is 0 Å². The molecule has 0 heterocycles. The van der Waals surface area contributed by atoms with Crippen LogP contribution in [0.15, 0.2) is 97.1 Å². The maximum atomic E-state index is 6.87. The van der Waals surface area contributed by atoms with Gasteiger partial charge in [-0.05, 0) is 0 Å². The van der Waals surface area contributed by atoms with E-state index >= 15 is 0 Å². The fourth-order valence-corrected chi connectivity index (χ4v) is 12.4. The van der Waals surface area contributed by atoms with Crippen molar-refractivity contribution in [1.82, 2.24) is 0 Å². The third-order valence-corrected chi connectivity index (χ3v) is 14.2. The number of para-hydroxylation sites is 2. The zero-order valence-electron chi connectivity index (χ0n) is 15.9. The molecule has 0 amide bonds. The molecular weight excluding hydrogens is 436 g/mol. The van der Waals surface area contributed by atoms with Crippen LogP contribution in [0.1, 0.15) is 11.1 Å². The molecule has 0 unspecified atom stereocenters. The van der Waals surface area contributed by atoms with Crippen LogP contribution in [0.25, 0.3) is 0 Å². The number of allylic oxidation sites excluding steroid dienone is 8. The molecule has 0 N–H and O–H groups in total. The fourth-order valence-electron chi connectivity index (χ4n) is 3.61. The molecule has 0 fully saturated rings. The van der Waals surface area contributed by atoms with Gasteiger partial charge < -0.3 is 0 Å². The molecule has 0 saturated heterocycles. The molecular formula is C26H20O2Zr. The maximum absolute atomic E-state index is 6.87. The van der Waals surface area contributed by atoms with Crippen LogP contribution in [0.3, 0.4) is 0 Å². The van der Waals surface area contributed by atoms with E-state index in [2.05, 4.69) is 36.1 Å². The predicted octanol–water partition coefficient (Wildman–Crippen LogP) is 5.92. The van der Waals surface area contributed by atoms with Crippen LogP contribution in [0.2, 0.25) is 7.25 Å². The van der Waals surface area contributed by atoms with Crippen molar-refractivity contribution in [3.8, 4) is 36.2 Å². The van der Waals surface area contributed by atoms with Gasteiger partial charge in [-0.2, -0.15) is 0 Å². The van der Waals surface area contributed by atoms with Crippen LogP contribution in [0, 0.1) is 24.7 Å². The van der Waals surface area contributed by atoms with Gasteiger partial charge in [-0.25, -0.2) is 0 Å². The first-order chi connectivity index (χ1) is 14.3. The van der Waals surface area contributed by atoms with E-state index in [4.69, 9.17) is 18.5 Å². The number of hydrogen-bond donors (Lipinski definition) is 0. The Hall–Kier alpha value is -3.00. The summed E-state index contributed by atoms with van der Waals surface area (Å²) in [4.78, 5) is 0. The topological polar surface area (TPSA) is 18.5 Å². The van der Waals surface area contributed by atoms with Gasteiger partial charge in [0.1, 0.15) is 0 Å². The van der Waals surface area contributed by atoms with Crippen molar-refractivity contribution in [2.24, 2.45) is 0 Å². The number of hydrogen-bond acceptors (Lipinski definition) is 2.